The molecule has 0 saturated carbocycles. The van der Waals surface area contributed by atoms with Crippen molar-refractivity contribution in [2.75, 3.05) is 0 Å². The number of carbonyl (C=O) groups is 2. The lowest BCUT2D eigenvalue weighted by Crippen LogP contribution is -2.06. The Morgan fingerprint density at radius 2 is 1.36 bits per heavy atom. The van der Waals surface area contributed by atoms with Gasteiger partial charge in [0.05, 0.1) is 48.0 Å². The normalized spacial score (nSPS) is 10.5. The lowest BCUT2D eigenvalue weighted by atomic mass is 10.3. The highest BCUT2D eigenvalue weighted by atomic mass is 16.1. The number of hydrogen-bond acceptors (Lipinski definition) is 5. The molecule has 0 fully saturated rings. The molecular weight excluding hydrogens is 282 g/mol. The van der Waals surface area contributed by atoms with Gasteiger partial charge in [-0.25, -0.2) is 0 Å². The van der Waals surface area contributed by atoms with Gasteiger partial charge >= 0.3 is 0 Å². The first-order chi connectivity index (χ1) is 10.8. The van der Waals surface area contributed by atoms with Gasteiger partial charge in [0, 0.05) is 12.4 Å². The van der Waals surface area contributed by atoms with Crippen molar-refractivity contribution in [2.24, 2.45) is 0 Å². The average molecular weight is 295 g/mol. The van der Waals surface area contributed by atoms with Crippen LogP contribution in [0.2, 0.25) is 0 Å². The summed E-state index contributed by atoms with van der Waals surface area (Å²) in [5.74, 6) is 0. The van der Waals surface area contributed by atoms with E-state index in [-0.39, 0.29) is 0 Å². The first kappa shape index (κ1) is 13.9. The van der Waals surface area contributed by atoms with Crippen molar-refractivity contribution >= 4 is 12.6 Å². The Morgan fingerprint density at radius 1 is 0.864 bits per heavy atom. The number of aromatic nitrogens is 5. The maximum Gasteiger partial charge on any atom is 0.153 e. The van der Waals surface area contributed by atoms with E-state index in [1.165, 1.54) is 12.4 Å². The first-order valence-electron chi connectivity index (χ1n) is 6.67. The summed E-state index contributed by atoms with van der Waals surface area (Å²) >= 11 is 0. The van der Waals surface area contributed by atoms with Crippen LogP contribution in [0.25, 0.3) is 0 Å². The van der Waals surface area contributed by atoms with Gasteiger partial charge in [-0.15, -0.1) is 0 Å². The van der Waals surface area contributed by atoms with Crippen LogP contribution in [0.15, 0.2) is 43.0 Å². The second-order valence-corrected chi connectivity index (χ2v) is 4.80. The zero-order chi connectivity index (χ0) is 15.4. The molecule has 0 spiro atoms. The lowest BCUT2D eigenvalue weighted by Gasteiger charge is -2.05. The molecule has 0 radical (unpaired) electrons. The summed E-state index contributed by atoms with van der Waals surface area (Å²) < 4.78 is 3.32. The number of pyridine rings is 1. The standard InChI is InChI=1S/C15H13N5O2/c21-10-12-4-16-19(6-12)8-14-2-1-3-15(18-14)9-20-7-13(11-22)5-17-20/h1-7,10-11H,8-9H2. The van der Waals surface area contributed by atoms with E-state index in [1.54, 1.807) is 21.8 Å². The van der Waals surface area contributed by atoms with E-state index in [2.05, 4.69) is 15.2 Å². The molecule has 0 unspecified atom stereocenters. The summed E-state index contributed by atoms with van der Waals surface area (Å²) in [5, 5.41) is 8.20. The fraction of sp³-hybridized carbons (Fsp3) is 0.133. The van der Waals surface area contributed by atoms with Crippen LogP contribution < -0.4 is 0 Å². The third-order valence-electron chi connectivity index (χ3n) is 3.09. The van der Waals surface area contributed by atoms with E-state index >= 15 is 0 Å². The number of carbonyl (C=O) groups excluding carboxylic acids is 2. The van der Waals surface area contributed by atoms with Crippen molar-refractivity contribution in [3.8, 4) is 0 Å². The Balaban J connectivity index is 1.74. The SMILES string of the molecule is O=Cc1cnn(Cc2cccc(Cn3cc(C=O)cn3)n2)c1. The molecule has 3 aromatic rings. The molecule has 0 aromatic carbocycles. The van der Waals surface area contributed by atoms with Gasteiger partial charge in [-0.1, -0.05) is 6.07 Å². The molecule has 0 saturated heterocycles. The summed E-state index contributed by atoms with van der Waals surface area (Å²) in [6.45, 7) is 0.973. The molecule has 3 aromatic heterocycles. The minimum atomic E-state index is 0.486. The number of nitrogens with zero attached hydrogens (tertiary/aromatic N) is 5. The van der Waals surface area contributed by atoms with Crippen LogP contribution in [-0.4, -0.2) is 37.1 Å². The second-order valence-electron chi connectivity index (χ2n) is 4.80. The number of aldehydes is 2. The zero-order valence-electron chi connectivity index (χ0n) is 11.7. The Kier molecular flexibility index (Phi) is 3.86. The van der Waals surface area contributed by atoms with Crippen molar-refractivity contribution in [3.63, 3.8) is 0 Å². The zero-order valence-corrected chi connectivity index (χ0v) is 11.7. The van der Waals surface area contributed by atoms with Crippen LogP contribution in [0.3, 0.4) is 0 Å². The van der Waals surface area contributed by atoms with E-state index in [4.69, 9.17) is 0 Å². The fourth-order valence-corrected chi connectivity index (χ4v) is 2.09. The van der Waals surface area contributed by atoms with Crippen molar-refractivity contribution in [1.82, 2.24) is 24.5 Å². The first-order valence-corrected chi connectivity index (χ1v) is 6.67. The molecule has 7 heteroatoms. The van der Waals surface area contributed by atoms with E-state index < -0.39 is 0 Å². The maximum absolute atomic E-state index is 10.7. The molecule has 110 valence electrons. The van der Waals surface area contributed by atoms with E-state index in [1.807, 2.05) is 18.2 Å². The highest BCUT2D eigenvalue weighted by Gasteiger charge is 2.03. The van der Waals surface area contributed by atoms with Crippen LogP contribution >= 0.6 is 0 Å². The summed E-state index contributed by atoms with van der Waals surface area (Å²) in [6.07, 6.45) is 7.89. The minimum absolute atomic E-state index is 0.486. The Morgan fingerprint density at radius 3 is 1.77 bits per heavy atom. The second kappa shape index (κ2) is 6.13. The maximum atomic E-state index is 10.7. The van der Waals surface area contributed by atoms with E-state index in [9.17, 15) is 9.59 Å². The molecule has 22 heavy (non-hydrogen) atoms. The molecule has 7 nitrogen and oxygen atoms in total. The molecule has 0 amide bonds. The van der Waals surface area contributed by atoms with Gasteiger partial charge in [-0.2, -0.15) is 10.2 Å². The highest BCUT2D eigenvalue weighted by Crippen LogP contribution is 2.05. The highest BCUT2D eigenvalue weighted by molar-refractivity contribution is 5.73. The molecule has 0 aliphatic carbocycles. The van der Waals surface area contributed by atoms with Gasteiger partial charge in [-0.05, 0) is 12.1 Å². The van der Waals surface area contributed by atoms with Crippen molar-refractivity contribution in [2.45, 2.75) is 13.1 Å². The predicted molar refractivity (Wildman–Crippen MR) is 77.7 cm³/mol. The predicted octanol–water partition coefficient (Wildman–Crippen LogP) is 1.20. The van der Waals surface area contributed by atoms with Gasteiger partial charge in [0.1, 0.15) is 0 Å². The molecular formula is C15H13N5O2. The largest absolute Gasteiger partial charge is 0.298 e. The smallest absolute Gasteiger partial charge is 0.153 e. The Bertz CT molecular complexity index is 742. The molecule has 0 N–H and O–H groups in total. The van der Waals surface area contributed by atoms with Crippen LogP contribution in [0.5, 0.6) is 0 Å². The van der Waals surface area contributed by atoms with Crippen molar-refractivity contribution in [1.29, 1.82) is 0 Å². The van der Waals surface area contributed by atoms with E-state index in [0.29, 0.717) is 24.2 Å². The van der Waals surface area contributed by atoms with Crippen LogP contribution in [0.1, 0.15) is 32.1 Å². The van der Waals surface area contributed by atoms with Crippen molar-refractivity contribution in [3.05, 3.63) is 65.5 Å². The third kappa shape index (κ3) is 3.14. The lowest BCUT2D eigenvalue weighted by molar-refractivity contribution is 0.111. The Labute approximate surface area is 126 Å². The number of hydrogen-bond donors (Lipinski definition) is 0. The number of rotatable bonds is 6. The molecule has 3 heterocycles. The molecule has 0 aliphatic heterocycles. The van der Waals surface area contributed by atoms with Crippen LogP contribution in [0, 0.1) is 0 Å². The van der Waals surface area contributed by atoms with Crippen LogP contribution in [0.4, 0.5) is 0 Å². The fourth-order valence-electron chi connectivity index (χ4n) is 2.09. The average Bonchev–Trinajstić information content (AvgIpc) is 3.16. The minimum Gasteiger partial charge on any atom is -0.298 e. The molecule has 0 bridgehead atoms. The summed E-state index contributed by atoms with van der Waals surface area (Å²) in [4.78, 5) is 25.8. The summed E-state index contributed by atoms with van der Waals surface area (Å²) in [6, 6.07) is 5.70. The monoisotopic (exact) mass is 295 g/mol. The van der Waals surface area contributed by atoms with E-state index in [0.717, 1.165) is 24.0 Å². The van der Waals surface area contributed by atoms with Gasteiger partial charge in [-0.3, -0.25) is 23.9 Å². The summed E-state index contributed by atoms with van der Waals surface area (Å²) in [5.41, 5.74) is 2.74. The molecule has 0 atom stereocenters. The Hall–Kier alpha value is -3.09. The topological polar surface area (TPSA) is 82.7 Å². The van der Waals surface area contributed by atoms with Crippen LogP contribution in [-0.2, 0) is 13.1 Å². The van der Waals surface area contributed by atoms with Gasteiger partial charge in [0.25, 0.3) is 0 Å². The van der Waals surface area contributed by atoms with Gasteiger partial charge in [0.15, 0.2) is 12.6 Å². The quantitative estimate of drug-likeness (QED) is 0.638. The van der Waals surface area contributed by atoms with Gasteiger partial charge in [0.2, 0.25) is 0 Å². The molecule has 3 rings (SSSR count). The third-order valence-corrected chi connectivity index (χ3v) is 3.09. The van der Waals surface area contributed by atoms with Crippen molar-refractivity contribution < 1.29 is 9.59 Å². The summed E-state index contributed by atoms with van der Waals surface area (Å²) in [7, 11) is 0. The van der Waals surface area contributed by atoms with Gasteiger partial charge < -0.3 is 0 Å². The molecule has 0 aliphatic rings.